The van der Waals surface area contributed by atoms with Gasteiger partial charge in [-0.25, -0.2) is 8.78 Å². The van der Waals surface area contributed by atoms with E-state index >= 15 is 0 Å². The number of carbonyl (C=O) groups is 1. The van der Waals surface area contributed by atoms with Crippen molar-refractivity contribution < 1.29 is 31.7 Å². The molecule has 1 rings (SSSR count). The zero-order chi connectivity index (χ0) is 14.1. The fourth-order valence-electron chi connectivity index (χ4n) is 1.16. The molecule has 0 saturated carbocycles. The van der Waals surface area contributed by atoms with Crippen molar-refractivity contribution in [3.63, 3.8) is 0 Å². The fraction of sp³-hybridized carbons (Fsp3) is 0.222. The Bertz CT molecular complexity index is 512. The maximum absolute atomic E-state index is 12.8. The number of hydrogen-bond acceptors (Lipinski definition) is 3. The van der Waals surface area contributed by atoms with Crippen molar-refractivity contribution in [2.24, 2.45) is 0 Å². The van der Waals surface area contributed by atoms with Crippen molar-refractivity contribution in [3.05, 3.63) is 39.4 Å². The summed E-state index contributed by atoms with van der Waals surface area (Å²) in [6.45, 7) is 0. The summed E-state index contributed by atoms with van der Waals surface area (Å²) in [4.78, 5) is 19.9. The van der Waals surface area contributed by atoms with Gasteiger partial charge in [0.1, 0.15) is 0 Å². The Labute approximate surface area is 96.2 Å². The van der Waals surface area contributed by atoms with Crippen molar-refractivity contribution in [3.8, 4) is 0 Å². The summed E-state index contributed by atoms with van der Waals surface area (Å²) < 4.78 is 61.4. The van der Waals surface area contributed by atoms with Crippen LogP contribution in [0.1, 0.15) is 5.56 Å². The third-order valence-corrected chi connectivity index (χ3v) is 1.99. The van der Waals surface area contributed by atoms with Gasteiger partial charge in [0, 0.05) is 12.0 Å². The van der Waals surface area contributed by atoms with Gasteiger partial charge in [-0.05, 0) is 6.07 Å². The van der Waals surface area contributed by atoms with E-state index in [1.165, 1.54) is 0 Å². The highest BCUT2D eigenvalue weighted by Gasteiger charge is 2.39. The molecule has 0 aromatic heterocycles. The molecule has 0 aliphatic carbocycles. The molecule has 0 aliphatic heterocycles. The third-order valence-electron chi connectivity index (χ3n) is 1.99. The van der Waals surface area contributed by atoms with Gasteiger partial charge in [0.15, 0.2) is 11.6 Å². The van der Waals surface area contributed by atoms with E-state index in [1.54, 1.807) is 0 Å². The Morgan fingerprint density at radius 3 is 2.17 bits per heavy atom. The van der Waals surface area contributed by atoms with Crippen LogP contribution in [0.15, 0.2) is 12.1 Å². The molecule has 9 heteroatoms. The van der Waals surface area contributed by atoms with Crippen molar-refractivity contribution in [2.75, 3.05) is 0 Å². The summed E-state index contributed by atoms with van der Waals surface area (Å²) in [5.41, 5.74) is -1.91. The van der Waals surface area contributed by atoms with E-state index in [9.17, 15) is 36.9 Å². The molecule has 18 heavy (non-hydrogen) atoms. The van der Waals surface area contributed by atoms with Crippen LogP contribution in [0.25, 0.3) is 0 Å². The average molecular weight is 269 g/mol. The van der Waals surface area contributed by atoms with Crippen LogP contribution in [0.5, 0.6) is 0 Å². The number of halogens is 5. The number of rotatable bonds is 3. The van der Waals surface area contributed by atoms with Crippen molar-refractivity contribution >= 4 is 11.5 Å². The van der Waals surface area contributed by atoms with Gasteiger partial charge < -0.3 is 0 Å². The Balaban J connectivity index is 3.20. The lowest BCUT2D eigenvalue weighted by molar-refractivity contribution is -0.385. The first kappa shape index (κ1) is 14.0. The second-order valence-electron chi connectivity index (χ2n) is 3.25. The number of carbonyl (C=O) groups excluding carboxylic acids is 1. The van der Waals surface area contributed by atoms with Crippen LogP contribution < -0.4 is 0 Å². The summed E-state index contributed by atoms with van der Waals surface area (Å²) in [6, 6.07) is 0.339. The Kier molecular flexibility index (Phi) is 3.63. The Morgan fingerprint density at radius 2 is 1.72 bits per heavy atom. The summed E-state index contributed by atoms with van der Waals surface area (Å²) in [5, 5.41) is 10.4. The van der Waals surface area contributed by atoms with E-state index in [4.69, 9.17) is 0 Å². The minimum atomic E-state index is -5.20. The summed E-state index contributed by atoms with van der Waals surface area (Å²) >= 11 is 0. The van der Waals surface area contributed by atoms with E-state index in [0.29, 0.717) is 0 Å². The number of benzene rings is 1. The first-order chi connectivity index (χ1) is 8.12. The van der Waals surface area contributed by atoms with Gasteiger partial charge in [-0.1, -0.05) is 0 Å². The Hall–Kier alpha value is -2.06. The first-order valence-electron chi connectivity index (χ1n) is 4.35. The van der Waals surface area contributed by atoms with Crippen LogP contribution >= 0.6 is 0 Å². The van der Waals surface area contributed by atoms with Gasteiger partial charge in [-0.2, -0.15) is 13.2 Å². The predicted octanol–water partition coefficient (Wildman–Crippen LogP) is 2.55. The molecule has 1 aromatic carbocycles. The number of nitro groups is 1. The molecule has 0 aliphatic rings. The van der Waals surface area contributed by atoms with Crippen LogP contribution in [-0.4, -0.2) is 16.9 Å². The van der Waals surface area contributed by atoms with Gasteiger partial charge in [-0.15, -0.1) is 0 Å². The van der Waals surface area contributed by atoms with E-state index < -0.39 is 46.2 Å². The maximum atomic E-state index is 12.8. The lowest BCUT2D eigenvalue weighted by Gasteiger charge is -2.06. The molecule has 0 bridgehead atoms. The third kappa shape index (κ3) is 2.99. The van der Waals surface area contributed by atoms with E-state index in [1.807, 2.05) is 0 Å². The summed E-state index contributed by atoms with van der Waals surface area (Å²) in [6.07, 6.45) is -6.62. The topological polar surface area (TPSA) is 60.2 Å². The standard InChI is InChI=1S/C9H4F5NO3/c10-5-1-4(2-8(16)9(12,13)14)7(15(17)18)3-6(5)11/h1,3H,2H2. The molecule has 0 atom stereocenters. The van der Waals surface area contributed by atoms with Gasteiger partial charge in [0.25, 0.3) is 5.69 Å². The molecule has 98 valence electrons. The predicted molar refractivity (Wildman–Crippen MR) is 47.8 cm³/mol. The van der Waals surface area contributed by atoms with Gasteiger partial charge in [0.05, 0.1) is 11.0 Å². The van der Waals surface area contributed by atoms with E-state index in [2.05, 4.69) is 0 Å². The quantitative estimate of drug-likeness (QED) is 0.481. The molecule has 4 nitrogen and oxygen atoms in total. The van der Waals surface area contributed by atoms with Crippen LogP contribution in [-0.2, 0) is 11.2 Å². The van der Waals surface area contributed by atoms with E-state index in [-0.39, 0.29) is 12.1 Å². The lowest BCUT2D eigenvalue weighted by atomic mass is 10.1. The van der Waals surface area contributed by atoms with Crippen LogP contribution in [0.2, 0.25) is 0 Å². The summed E-state index contributed by atoms with van der Waals surface area (Å²) in [7, 11) is 0. The lowest BCUT2D eigenvalue weighted by Crippen LogP contribution is -2.25. The van der Waals surface area contributed by atoms with Crippen LogP contribution in [0.4, 0.5) is 27.6 Å². The molecule has 0 N–H and O–H groups in total. The largest absolute Gasteiger partial charge is 0.450 e. The number of Topliss-reactive ketones (excluding diaryl/α,β-unsaturated/α-hetero) is 1. The normalized spacial score (nSPS) is 11.4. The summed E-state index contributed by atoms with van der Waals surface area (Å²) in [5.74, 6) is -5.42. The molecular formula is C9H4F5NO3. The second kappa shape index (κ2) is 4.67. The van der Waals surface area contributed by atoms with Crippen molar-refractivity contribution in [1.29, 1.82) is 0 Å². The highest BCUT2D eigenvalue weighted by Crippen LogP contribution is 2.26. The molecule has 0 amide bonds. The number of nitro benzene ring substituents is 1. The highest BCUT2D eigenvalue weighted by atomic mass is 19.4. The number of ketones is 1. The molecule has 0 saturated heterocycles. The number of alkyl halides is 3. The number of hydrogen-bond donors (Lipinski definition) is 0. The molecule has 0 heterocycles. The number of nitrogens with zero attached hydrogens (tertiary/aromatic N) is 1. The molecule has 0 radical (unpaired) electrons. The van der Waals surface area contributed by atoms with E-state index in [0.717, 1.165) is 0 Å². The van der Waals surface area contributed by atoms with Gasteiger partial charge in [-0.3, -0.25) is 14.9 Å². The molecule has 0 unspecified atom stereocenters. The zero-order valence-electron chi connectivity index (χ0n) is 8.42. The second-order valence-corrected chi connectivity index (χ2v) is 3.25. The zero-order valence-corrected chi connectivity index (χ0v) is 8.42. The minimum Gasteiger partial charge on any atom is -0.289 e. The molecule has 1 aromatic rings. The molecular weight excluding hydrogens is 265 g/mol. The molecule has 0 spiro atoms. The smallest absolute Gasteiger partial charge is 0.289 e. The average Bonchev–Trinajstić information content (AvgIpc) is 2.21. The SMILES string of the molecule is O=C(Cc1cc(F)c(F)cc1[N+](=O)[O-])C(F)(F)F. The van der Waals surface area contributed by atoms with Gasteiger partial charge >= 0.3 is 6.18 Å². The van der Waals surface area contributed by atoms with Crippen LogP contribution in [0, 0.1) is 21.7 Å². The van der Waals surface area contributed by atoms with Gasteiger partial charge in [0.2, 0.25) is 5.78 Å². The highest BCUT2D eigenvalue weighted by molar-refractivity contribution is 5.86. The fourth-order valence-corrected chi connectivity index (χ4v) is 1.16. The van der Waals surface area contributed by atoms with Crippen molar-refractivity contribution in [1.82, 2.24) is 0 Å². The Morgan fingerprint density at radius 1 is 1.22 bits per heavy atom. The first-order valence-corrected chi connectivity index (χ1v) is 4.35. The monoisotopic (exact) mass is 269 g/mol. The van der Waals surface area contributed by atoms with Crippen LogP contribution in [0.3, 0.4) is 0 Å². The maximum Gasteiger partial charge on any atom is 0.450 e. The minimum absolute atomic E-state index is 0.133. The molecule has 0 fully saturated rings. The van der Waals surface area contributed by atoms with Crippen molar-refractivity contribution in [2.45, 2.75) is 12.6 Å².